The zero-order valence-corrected chi connectivity index (χ0v) is 23.7. The summed E-state index contributed by atoms with van der Waals surface area (Å²) in [4.78, 5) is 12.9. The molecule has 1 aliphatic heterocycles. The molecule has 1 aliphatic rings. The normalized spacial score (nSPS) is 20.7. The molecular weight excluding hydrogens is 440 g/mol. The molecule has 1 heterocycles. The Labute approximate surface area is 208 Å². The largest absolute Gasteiger partial charge is 0.462 e. The fourth-order valence-electron chi connectivity index (χ4n) is 3.98. The molecule has 1 aromatic rings. The quantitative estimate of drug-likeness (QED) is 0.212. The number of hydrogen-bond acceptors (Lipinski definition) is 4. The third-order valence-electron chi connectivity index (χ3n) is 6.01. The maximum Gasteiger partial charge on any atom is 0.338 e. The molecule has 1 fully saturated rings. The van der Waals surface area contributed by atoms with Crippen LogP contribution < -0.4 is 0 Å². The third kappa shape index (κ3) is 9.06. The predicted octanol–water partition coefficient (Wildman–Crippen LogP) is 7.16. The molecule has 5 heteroatoms. The van der Waals surface area contributed by atoms with E-state index < -0.39 is 13.9 Å². The first-order valence-corrected chi connectivity index (χ1v) is 16.3. The van der Waals surface area contributed by atoms with Gasteiger partial charge in [-0.1, -0.05) is 63.3 Å². The van der Waals surface area contributed by atoms with Gasteiger partial charge in [-0.15, -0.1) is 11.8 Å². The van der Waals surface area contributed by atoms with Crippen LogP contribution in [0.5, 0.6) is 0 Å². The summed E-state index contributed by atoms with van der Waals surface area (Å²) in [5.41, 5.74) is 3.60. The summed E-state index contributed by atoms with van der Waals surface area (Å²) in [5.74, 6) is 6.11. The lowest BCUT2D eigenvalue weighted by atomic mass is 9.97. The van der Waals surface area contributed by atoms with Crippen LogP contribution in [0.4, 0.5) is 0 Å². The summed E-state index contributed by atoms with van der Waals surface area (Å²) in [7, 11) is -1.26. The highest BCUT2D eigenvalue weighted by Gasteiger charge is 2.40. The van der Waals surface area contributed by atoms with Crippen molar-refractivity contribution >= 4 is 20.1 Å². The van der Waals surface area contributed by atoms with Gasteiger partial charge in [0.2, 0.25) is 0 Å². The fourth-order valence-corrected chi connectivity index (χ4v) is 4.69. The monoisotopic (exact) mass is 484 g/mol. The van der Waals surface area contributed by atoms with Gasteiger partial charge in [-0.3, -0.25) is 0 Å². The Morgan fingerprint density at radius 3 is 2.53 bits per heavy atom. The van der Waals surface area contributed by atoms with E-state index in [1.165, 1.54) is 0 Å². The van der Waals surface area contributed by atoms with E-state index in [1.54, 1.807) is 0 Å². The maximum absolute atomic E-state index is 12.9. The average molecular weight is 485 g/mol. The first-order chi connectivity index (χ1) is 15.8. The molecule has 0 aliphatic carbocycles. The van der Waals surface area contributed by atoms with E-state index in [-0.39, 0.29) is 18.2 Å². The third-order valence-corrected chi connectivity index (χ3v) is 7.72. The number of aryl methyl sites for hydroxylation is 2. The summed E-state index contributed by atoms with van der Waals surface area (Å²) >= 11 is 0. The van der Waals surface area contributed by atoms with Gasteiger partial charge in [0.25, 0.3) is 0 Å². The zero-order valence-electron chi connectivity index (χ0n) is 22.7. The van der Waals surface area contributed by atoms with Crippen LogP contribution in [0.15, 0.2) is 18.2 Å². The van der Waals surface area contributed by atoms with Crippen molar-refractivity contribution in [3.63, 3.8) is 0 Å². The topological polar surface area (TPSA) is 44.8 Å². The molecule has 0 N–H and O–H groups in total. The van der Waals surface area contributed by atoms with Gasteiger partial charge in [0.05, 0.1) is 24.4 Å². The molecule has 2 rings (SSSR count). The van der Waals surface area contributed by atoms with Crippen LogP contribution in [0.1, 0.15) is 74.0 Å². The van der Waals surface area contributed by atoms with E-state index in [0.717, 1.165) is 29.2 Å². The van der Waals surface area contributed by atoms with Crippen molar-refractivity contribution < 1.29 is 19.0 Å². The SMILES string of the molecule is CCC(C)C#CCC1OC(C)(C)O[C@H]1C/C=C/c1cc(C)cc(C)c1C(=O)OCC[Si](C)(C)C. The molecule has 0 amide bonds. The fraction of sp³-hybridized carbons (Fsp3) is 0.621. The van der Waals surface area contributed by atoms with E-state index in [1.807, 2.05) is 45.9 Å². The number of carbonyl (C=O) groups excluding carboxylic acids is 1. The van der Waals surface area contributed by atoms with Crippen LogP contribution in [-0.2, 0) is 14.2 Å². The molecule has 1 aromatic carbocycles. The van der Waals surface area contributed by atoms with Gasteiger partial charge in [0, 0.05) is 20.4 Å². The Morgan fingerprint density at radius 1 is 1.21 bits per heavy atom. The van der Waals surface area contributed by atoms with Crippen LogP contribution in [0, 0.1) is 31.6 Å². The Morgan fingerprint density at radius 2 is 1.88 bits per heavy atom. The van der Waals surface area contributed by atoms with Crippen molar-refractivity contribution in [1.82, 2.24) is 0 Å². The molecule has 0 spiro atoms. The maximum atomic E-state index is 12.9. The summed E-state index contributed by atoms with van der Waals surface area (Å²) in [6, 6.07) is 5.05. The van der Waals surface area contributed by atoms with Crippen LogP contribution in [0.3, 0.4) is 0 Å². The highest BCUT2D eigenvalue weighted by atomic mass is 28.3. The smallest absolute Gasteiger partial charge is 0.338 e. The van der Waals surface area contributed by atoms with Gasteiger partial charge < -0.3 is 14.2 Å². The van der Waals surface area contributed by atoms with Gasteiger partial charge in [0.1, 0.15) is 0 Å². The molecule has 0 bridgehead atoms. The summed E-state index contributed by atoms with van der Waals surface area (Å²) in [6.45, 7) is 19.5. The molecule has 1 saturated heterocycles. The lowest BCUT2D eigenvalue weighted by Crippen LogP contribution is -2.23. The molecule has 0 aromatic heterocycles. The van der Waals surface area contributed by atoms with Crippen molar-refractivity contribution in [2.75, 3.05) is 6.61 Å². The zero-order chi connectivity index (χ0) is 25.5. The van der Waals surface area contributed by atoms with E-state index in [0.29, 0.717) is 30.9 Å². The van der Waals surface area contributed by atoms with Crippen LogP contribution in [0.2, 0.25) is 25.7 Å². The first kappa shape index (κ1) is 28.4. The Kier molecular flexibility index (Phi) is 10.2. The molecule has 188 valence electrons. The van der Waals surface area contributed by atoms with Gasteiger partial charge >= 0.3 is 5.97 Å². The van der Waals surface area contributed by atoms with Crippen molar-refractivity contribution in [1.29, 1.82) is 0 Å². The molecule has 3 atom stereocenters. The number of carbonyl (C=O) groups is 1. The highest BCUT2D eigenvalue weighted by Crippen LogP contribution is 2.32. The number of benzene rings is 1. The van der Waals surface area contributed by atoms with Crippen LogP contribution in [0.25, 0.3) is 6.08 Å². The number of ether oxygens (including phenoxy) is 3. The molecule has 34 heavy (non-hydrogen) atoms. The minimum Gasteiger partial charge on any atom is -0.462 e. The van der Waals surface area contributed by atoms with Crippen LogP contribution in [-0.4, -0.2) is 38.6 Å². The number of hydrogen-bond donors (Lipinski definition) is 0. The average Bonchev–Trinajstić information content (AvgIpc) is 2.99. The minimum atomic E-state index is -1.26. The molecular formula is C29H44O4Si. The molecule has 4 nitrogen and oxygen atoms in total. The van der Waals surface area contributed by atoms with Gasteiger partial charge in [0.15, 0.2) is 5.79 Å². The minimum absolute atomic E-state index is 0.0681. The predicted molar refractivity (Wildman–Crippen MR) is 144 cm³/mol. The molecule has 2 unspecified atom stereocenters. The van der Waals surface area contributed by atoms with Crippen LogP contribution >= 0.6 is 0 Å². The summed E-state index contributed by atoms with van der Waals surface area (Å²) in [5, 5.41) is 0. The van der Waals surface area contributed by atoms with E-state index in [2.05, 4.69) is 51.4 Å². The Bertz CT molecular complexity index is 930. The van der Waals surface area contributed by atoms with E-state index >= 15 is 0 Å². The summed E-state index contributed by atoms with van der Waals surface area (Å²) < 4.78 is 18.0. The Hall–Kier alpha value is -1.87. The number of esters is 1. The van der Waals surface area contributed by atoms with Gasteiger partial charge in [-0.2, -0.15) is 0 Å². The van der Waals surface area contributed by atoms with Crippen molar-refractivity contribution in [2.45, 2.75) is 104 Å². The molecule has 0 saturated carbocycles. The highest BCUT2D eigenvalue weighted by molar-refractivity contribution is 6.76. The van der Waals surface area contributed by atoms with Gasteiger partial charge in [-0.25, -0.2) is 4.79 Å². The van der Waals surface area contributed by atoms with E-state index in [4.69, 9.17) is 14.2 Å². The van der Waals surface area contributed by atoms with Gasteiger partial charge in [-0.05, 0) is 57.7 Å². The second kappa shape index (κ2) is 12.2. The van der Waals surface area contributed by atoms with Crippen molar-refractivity contribution in [3.05, 3.63) is 40.5 Å². The van der Waals surface area contributed by atoms with E-state index in [9.17, 15) is 4.79 Å². The van der Waals surface area contributed by atoms with Crippen molar-refractivity contribution in [3.8, 4) is 11.8 Å². The molecule has 0 radical (unpaired) electrons. The van der Waals surface area contributed by atoms with Crippen molar-refractivity contribution in [2.24, 2.45) is 5.92 Å². The summed E-state index contributed by atoms with van der Waals surface area (Å²) in [6.07, 6.45) is 6.35. The standard InChI is InChI=1S/C29H44O4Si/c1-10-21(2)13-11-15-25-26(33-29(5,6)32-25)16-12-14-24-20-22(3)19-23(4)27(24)28(30)31-17-18-34(7,8)9/h12,14,19-21,25-26H,10,15-18H2,1-9H3/b14-12+/t21?,25?,26-/m0/s1. The second-order valence-electron chi connectivity index (χ2n) is 11.2. The Balaban J connectivity index is 2.14. The number of rotatable bonds is 9. The lowest BCUT2D eigenvalue weighted by Gasteiger charge is -2.17. The second-order valence-corrected chi connectivity index (χ2v) is 16.8. The lowest BCUT2D eigenvalue weighted by molar-refractivity contribution is -0.145. The first-order valence-electron chi connectivity index (χ1n) is 12.6.